The molecule has 2 N–H and O–H groups in total. The smallest absolute Gasteiger partial charge is 0.271 e. The zero-order valence-corrected chi connectivity index (χ0v) is 15.1. The van der Waals surface area contributed by atoms with Gasteiger partial charge < -0.3 is 10.6 Å². The van der Waals surface area contributed by atoms with E-state index in [1.807, 2.05) is 48.5 Å². The second-order valence-corrected chi connectivity index (χ2v) is 6.67. The highest BCUT2D eigenvalue weighted by atomic mass is 35.5. The zero-order chi connectivity index (χ0) is 18.8. The van der Waals surface area contributed by atoms with Crippen molar-refractivity contribution in [2.75, 3.05) is 5.88 Å². The highest BCUT2D eigenvalue weighted by Crippen LogP contribution is 2.31. The summed E-state index contributed by atoms with van der Waals surface area (Å²) in [6.07, 6.45) is 2.09. The summed E-state index contributed by atoms with van der Waals surface area (Å²) in [7, 11) is 0. The molecular weight excluding hydrogens is 364 g/mol. The molecule has 7 heteroatoms. The van der Waals surface area contributed by atoms with Crippen LogP contribution in [0.3, 0.4) is 0 Å². The molecule has 0 unspecified atom stereocenters. The summed E-state index contributed by atoms with van der Waals surface area (Å²) in [5.74, 6) is -0.727. The third-order valence-electron chi connectivity index (χ3n) is 4.67. The quantitative estimate of drug-likeness (QED) is 0.681. The van der Waals surface area contributed by atoms with E-state index in [1.165, 1.54) is 6.20 Å². The molecule has 0 bridgehead atoms. The molecule has 1 aliphatic rings. The second kappa shape index (κ2) is 7.32. The van der Waals surface area contributed by atoms with E-state index < -0.39 is 0 Å². The number of alkyl halides is 1. The molecule has 3 aromatic rings. The molecule has 2 atom stereocenters. The van der Waals surface area contributed by atoms with Crippen molar-refractivity contribution in [1.82, 2.24) is 20.6 Å². The first-order chi connectivity index (χ1) is 13.2. The number of para-hydroxylation sites is 2. The molecule has 0 saturated heterocycles. The van der Waals surface area contributed by atoms with Gasteiger partial charge in [0.1, 0.15) is 11.6 Å². The zero-order valence-electron chi connectivity index (χ0n) is 14.4. The summed E-state index contributed by atoms with van der Waals surface area (Å²) < 4.78 is 0. The minimum absolute atomic E-state index is 0.129. The van der Waals surface area contributed by atoms with E-state index >= 15 is 0 Å². The summed E-state index contributed by atoms with van der Waals surface area (Å²) >= 11 is 5.64. The lowest BCUT2D eigenvalue weighted by molar-refractivity contribution is -0.119. The Morgan fingerprint density at radius 1 is 1.04 bits per heavy atom. The lowest BCUT2D eigenvalue weighted by Gasteiger charge is -2.22. The van der Waals surface area contributed by atoms with Crippen LogP contribution in [0, 0.1) is 0 Å². The standard InChI is InChI=1S/C20H17ClN4O2/c21-10-18(26)25-19-13-6-2-1-5-12(13)9-16(19)24-20(27)17-11-22-14-7-3-4-8-15(14)23-17/h1-8,11,16,19H,9-10H2,(H,24,27)(H,25,26)/t16-,19-/m1/s1. The Bertz CT molecular complexity index is 1020. The summed E-state index contributed by atoms with van der Waals surface area (Å²) in [4.78, 5) is 33.3. The number of halogens is 1. The molecule has 2 amide bonds. The summed E-state index contributed by atoms with van der Waals surface area (Å²) in [5.41, 5.74) is 3.71. The van der Waals surface area contributed by atoms with Crippen LogP contribution in [-0.2, 0) is 11.2 Å². The van der Waals surface area contributed by atoms with Gasteiger partial charge in [-0.2, -0.15) is 0 Å². The van der Waals surface area contributed by atoms with E-state index in [-0.39, 0.29) is 35.5 Å². The summed E-state index contributed by atoms with van der Waals surface area (Å²) in [6.45, 7) is 0. The number of benzene rings is 2. The number of hydrogen-bond acceptors (Lipinski definition) is 4. The summed E-state index contributed by atoms with van der Waals surface area (Å²) in [6, 6.07) is 14.6. The van der Waals surface area contributed by atoms with Crippen molar-refractivity contribution in [3.05, 3.63) is 71.5 Å². The second-order valence-electron chi connectivity index (χ2n) is 6.41. The van der Waals surface area contributed by atoms with Gasteiger partial charge >= 0.3 is 0 Å². The van der Waals surface area contributed by atoms with Crippen molar-refractivity contribution in [2.45, 2.75) is 18.5 Å². The number of carbonyl (C=O) groups excluding carboxylic acids is 2. The first kappa shape index (κ1) is 17.4. The molecular formula is C20H17ClN4O2. The van der Waals surface area contributed by atoms with Gasteiger partial charge in [0.15, 0.2) is 0 Å². The monoisotopic (exact) mass is 380 g/mol. The van der Waals surface area contributed by atoms with Crippen LogP contribution < -0.4 is 10.6 Å². The van der Waals surface area contributed by atoms with Crippen molar-refractivity contribution in [1.29, 1.82) is 0 Å². The molecule has 136 valence electrons. The number of carbonyl (C=O) groups is 2. The van der Waals surface area contributed by atoms with Gasteiger partial charge in [-0.1, -0.05) is 36.4 Å². The molecule has 1 aromatic heterocycles. The number of hydrogen-bond donors (Lipinski definition) is 2. The predicted octanol–water partition coefficient (Wildman–Crippen LogP) is 2.38. The van der Waals surface area contributed by atoms with Crippen LogP contribution in [0.1, 0.15) is 27.7 Å². The van der Waals surface area contributed by atoms with E-state index in [1.54, 1.807) is 0 Å². The molecule has 0 aliphatic heterocycles. The van der Waals surface area contributed by atoms with Gasteiger partial charge in [-0.25, -0.2) is 4.98 Å². The number of nitrogens with zero attached hydrogens (tertiary/aromatic N) is 2. The molecule has 27 heavy (non-hydrogen) atoms. The van der Waals surface area contributed by atoms with Crippen LogP contribution in [0.2, 0.25) is 0 Å². The molecule has 2 aromatic carbocycles. The predicted molar refractivity (Wildman–Crippen MR) is 103 cm³/mol. The molecule has 0 spiro atoms. The average molecular weight is 381 g/mol. The third-order valence-corrected chi connectivity index (χ3v) is 4.91. The van der Waals surface area contributed by atoms with Crippen molar-refractivity contribution < 1.29 is 9.59 Å². The van der Waals surface area contributed by atoms with Crippen LogP contribution in [0.4, 0.5) is 0 Å². The van der Waals surface area contributed by atoms with Gasteiger partial charge in [0.25, 0.3) is 5.91 Å². The Morgan fingerprint density at radius 2 is 1.78 bits per heavy atom. The van der Waals surface area contributed by atoms with E-state index in [0.29, 0.717) is 11.9 Å². The topological polar surface area (TPSA) is 84.0 Å². The number of aromatic nitrogens is 2. The Kier molecular flexibility index (Phi) is 4.73. The van der Waals surface area contributed by atoms with E-state index in [9.17, 15) is 9.59 Å². The fourth-order valence-electron chi connectivity index (χ4n) is 3.43. The van der Waals surface area contributed by atoms with Gasteiger partial charge in [-0.15, -0.1) is 11.6 Å². The first-order valence-electron chi connectivity index (χ1n) is 8.61. The van der Waals surface area contributed by atoms with Gasteiger partial charge in [-0.3, -0.25) is 14.6 Å². The third kappa shape index (κ3) is 3.48. The van der Waals surface area contributed by atoms with E-state index in [4.69, 9.17) is 11.6 Å². The molecule has 6 nitrogen and oxygen atoms in total. The highest BCUT2D eigenvalue weighted by Gasteiger charge is 2.34. The normalized spacial score (nSPS) is 18.1. The minimum Gasteiger partial charge on any atom is -0.346 e. The first-order valence-corrected chi connectivity index (χ1v) is 9.15. The maximum atomic E-state index is 12.7. The molecule has 1 aliphatic carbocycles. The fraction of sp³-hybridized carbons (Fsp3) is 0.200. The maximum absolute atomic E-state index is 12.7. The van der Waals surface area contributed by atoms with Crippen molar-refractivity contribution in [3.63, 3.8) is 0 Å². The molecule has 1 heterocycles. The van der Waals surface area contributed by atoms with Crippen molar-refractivity contribution in [3.8, 4) is 0 Å². The Balaban J connectivity index is 1.58. The number of amides is 2. The minimum atomic E-state index is -0.329. The number of fused-ring (bicyclic) bond motifs is 2. The summed E-state index contributed by atoms with van der Waals surface area (Å²) in [5, 5.41) is 5.89. The van der Waals surface area contributed by atoms with Crippen LogP contribution >= 0.6 is 11.6 Å². The van der Waals surface area contributed by atoms with Crippen LogP contribution in [0.15, 0.2) is 54.7 Å². The lowest BCUT2D eigenvalue weighted by atomic mass is 10.1. The van der Waals surface area contributed by atoms with Gasteiger partial charge in [0.05, 0.1) is 29.3 Å². The molecule has 4 rings (SSSR count). The Labute approximate surface area is 161 Å². The number of nitrogens with one attached hydrogen (secondary N) is 2. The van der Waals surface area contributed by atoms with Gasteiger partial charge in [0.2, 0.25) is 5.91 Å². The van der Waals surface area contributed by atoms with Gasteiger partial charge in [-0.05, 0) is 29.7 Å². The van der Waals surface area contributed by atoms with Crippen molar-refractivity contribution >= 4 is 34.4 Å². The molecule has 0 radical (unpaired) electrons. The van der Waals surface area contributed by atoms with Gasteiger partial charge in [0, 0.05) is 0 Å². The average Bonchev–Trinajstić information content (AvgIpc) is 3.04. The van der Waals surface area contributed by atoms with Crippen molar-refractivity contribution in [2.24, 2.45) is 0 Å². The fourth-order valence-corrected chi connectivity index (χ4v) is 3.51. The van der Waals surface area contributed by atoms with Crippen LogP contribution in [0.5, 0.6) is 0 Å². The lowest BCUT2D eigenvalue weighted by Crippen LogP contribution is -2.44. The largest absolute Gasteiger partial charge is 0.346 e. The SMILES string of the molecule is O=C(CCl)N[C@@H]1c2ccccc2C[C@H]1NC(=O)c1cnc2ccccc2n1. The maximum Gasteiger partial charge on any atom is 0.271 e. The number of rotatable bonds is 4. The van der Waals surface area contributed by atoms with E-state index in [2.05, 4.69) is 20.6 Å². The van der Waals surface area contributed by atoms with Crippen LogP contribution in [0.25, 0.3) is 11.0 Å². The molecule has 0 saturated carbocycles. The molecule has 0 fully saturated rings. The highest BCUT2D eigenvalue weighted by molar-refractivity contribution is 6.27. The Morgan fingerprint density at radius 3 is 2.59 bits per heavy atom. The van der Waals surface area contributed by atoms with Crippen LogP contribution in [-0.4, -0.2) is 33.7 Å². The Hall–Kier alpha value is -2.99. The van der Waals surface area contributed by atoms with E-state index in [0.717, 1.165) is 16.6 Å².